The molecular weight excluding hydrogens is 493 g/mol. The van der Waals surface area contributed by atoms with E-state index in [4.69, 9.17) is 9.47 Å². The highest BCUT2D eigenvalue weighted by atomic mass is 19.4. The fourth-order valence-electron chi connectivity index (χ4n) is 3.36. The number of benzene rings is 2. The largest absolute Gasteiger partial charge is 0.573 e. The summed E-state index contributed by atoms with van der Waals surface area (Å²) in [6.07, 6.45) is -4.84. The zero-order chi connectivity index (χ0) is 27.2. The van der Waals surface area contributed by atoms with E-state index in [1.54, 1.807) is 24.3 Å². The molecule has 1 aromatic heterocycles. The van der Waals surface area contributed by atoms with E-state index in [0.717, 1.165) is 0 Å². The van der Waals surface area contributed by atoms with Crippen LogP contribution in [0.4, 0.5) is 30.6 Å². The number of hydrogen-bond acceptors (Lipinski definition) is 9. The maximum absolute atomic E-state index is 12.7. The van der Waals surface area contributed by atoms with Crippen molar-refractivity contribution >= 4 is 23.4 Å². The molecule has 0 unspecified atom stereocenters. The molecule has 0 aliphatic carbocycles. The van der Waals surface area contributed by atoms with Crippen LogP contribution in [0.1, 0.15) is 24.2 Å². The highest BCUT2D eigenvalue weighted by Gasteiger charge is 2.31. The third-order valence-electron chi connectivity index (χ3n) is 5.28. The van der Waals surface area contributed by atoms with Crippen molar-refractivity contribution < 1.29 is 37.3 Å². The third kappa shape index (κ3) is 7.46. The summed E-state index contributed by atoms with van der Waals surface area (Å²) < 4.78 is 52.3. The molecule has 0 saturated heterocycles. The third-order valence-corrected chi connectivity index (χ3v) is 5.28. The number of aliphatic hydroxyl groups is 1. The number of carbonyl (C=O) groups is 1. The van der Waals surface area contributed by atoms with E-state index in [1.165, 1.54) is 38.5 Å². The zero-order valence-corrected chi connectivity index (χ0v) is 20.6. The maximum atomic E-state index is 12.7. The van der Waals surface area contributed by atoms with E-state index in [2.05, 4.69) is 25.3 Å². The number of halogens is 3. The maximum Gasteiger partial charge on any atom is 0.573 e. The van der Waals surface area contributed by atoms with Crippen molar-refractivity contribution in [1.82, 2.24) is 9.97 Å². The second-order valence-corrected chi connectivity index (χ2v) is 8.25. The molecule has 1 atom stereocenters. The van der Waals surface area contributed by atoms with Gasteiger partial charge in [-0.25, -0.2) is 9.78 Å². The first kappa shape index (κ1) is 27.5. The number of rotatable bonds is 10. The van der Waals surface area contributed by atoms with E-state index >= 15 is 0 Å². The lowest BCUT2D eigenvalue weighted by Gasteiger charge is -2.21. The average molecular weight is 521 g/mol. The smallest absolute Gasteiger partial charge is 0.496 e. The number of aliphatic hydroxyl groups excluding tert-OH is 1. The van der Waals surface area contributed by atoms with E-state index in [0.29, 0.717) is 22.8 Å². The standard InChI is InChI=1S/C25H27F3N4O5/c1-14(2)20(13-33)31-24-30-19(15-6-5-7-17(10-15)37-25(26,27)28)12-22(32-24)29-16-8-9-18(23(34)36-4)21(11-16)35-3/h5-12,14,20,33H,13H2,1-4H3,(H2,29,30,31,32)/t20-/m0/s1. The molecule has 0 spiro atoms. The average Bonchev–Trinajstić information content (AvgIpc) is 2.85. The summed E-state index contributed by atoms with van der Waals surface area (Å²) in [6.45, 7) is 3.63. The van der Waals surface area contributed by atoms with Gasteiger partial charge in [0, 0.05) is 23.4 Å². The van der Waals surface area contributed by atoms with Crippen molar-refractivity contribution in [2.45, 2.75) is 26.3 Å². The Labute approximate surface area is 211 Å². The molecule has 3 rings (SSSR count). The van der Waals surface area contributed by atoms with Gasteiger partial charge in [-0.05, 0) is 30.2 Å². The summed E-state index contributed by atoms with van der Waals surface area (Å²) in [4.78, 5) is 20.8. The van der Waals surface area contributed by atoms with Gasteiger partial charge >= 0.3 is 12.3 Å². The van der Waals surface area contributed by atoms with Crippen LogP contribution in [0, 0.1) is 5.92 Å². The molecule has 0 bridgehead atoms. The first-order chi connectivity index (χ1) is 17.5. The van der Waals surface area contributed by atoms with Crippen LogP contribution in [0.5, 0.6) is 11.5 Å². The van der Waals surface area contributed by atoms with Gasteiger partial charge in [0.2, 0.25) is 5.95 Å². The summed E-state index contributed by atoms with van der Waals surface area (Å²) in [5, 5.41) is 15.9. The number of alkyl halides is 3. The van der Waals surface area contributed by atoms with Gasteiger partial charge < -0.3 is 30.0 Å². The topological polar surface area (TPSA) is 115 Å². The summed E-state index contributed by atoms with van der Waals surface area (Å²) in [6, 6.07) is 11.3. The molecule has 0 aliphatic rings. The van der Waals surface area contributed by atoms with Gasteiger partial charge in [-0.2, -0.15) is 4.98 Å². The van der Waals surface area contributed by atoms with Crippen LogP contribution in [0.3, 0.4) is 0 Å². The highest BCUT2D eigenvalue weighted by molar-refractivity contribution is 5.93. The first-order valence-electron chi connectivity index (χ1n) is 11.2. The fraction of sp³-hybridized carbons (Fsp3) is 0.320. The van der Waals surface area contributed by atoms with Gasteiger partial charge in [0.15, 0.2) is 0 Å². The minimum atomic E-state index is -4.84. The molecule has 12 heteroatoms. The van der Waals surface area contributed by atoms with E-state index < -0.39 is 18.1 Å². The van der Waals surface area contributed by atoms with Gasteiger partial charge in [-0.15, -0.1) is 13.2 Å². The molecule has 9 nitrogen and oxygen atoms in total. The second kappa shape index (κ2) is 11.8. The number of carbonyl (C=O) groups excluding carboxylic acids is 1. The second-order valence-electron chi connectivity index (χ2n) is 8.25. The van der Waals surface area contributed by atoms with Gasteiger partial charge in [0.1, 0.15) is 22.9 Å². The molecule has 0 amide bonds. The van der Waals surface area contributed by atoms with Crippen molar-refractivity contribution in [3.8, 4) is 22.8 Å². The number of methoxy groups -OCH3 is 2. The summed E-state index contributed by atoms with van der Waals surface area (Å²) in [5.41, 5.74) is 1.38. The number of aromatic nitrogens is 2. The van der Waals surface area contributed by atoms with Crippen molar-refractivity contribution in [3.05, 3.63) is 54.1 Å². The SMILES string of the molecule is COC(=O)c1ccc(Nc2cc(-c3cccc(OC(F)(F)F)c3)nc(N[C@@H](CO)C(C)C)n2)cc1OC. The monoisotopic (exact) mass is 520 g/mol. The molecule has 37 heavy (non-hydrogen) atoms. The molecular formula is C25H27F3N4O5. The van der Waals surface area contributed by atoms with E-state index in [1.807, 2.05) is 13.8 Å². The molecule has 1 heterocycles. The van der Waals surface area contributed by atoms with Crippen LogP contribution in [0.25, 0.3) is 11.3 Å². The number of hydrogen-bond donors (Lipinski definition) is 3. The Balaban J connectivity index is 2.03. The van der Waals surface area contributed by atoms with E-state index in [9.17, 15) is 23.1 Å². The predicted octanol–water partition coefficient (Wildman–Crippen LogP) is 5.01. The van der Waals surface area contributed by atoms with Gasteiger partial charge in [0.25, 0.3) is 0 Å². The van der Waals surface area contributed by atoms with Crippen LogP contribution < -0.4 is 20.1 Å². The summed E-state index contributed by atoms with van der Waals surface area (Å²) in [7, 11) is 2.67. The molecule has 0 radical (unpaired) electrons. The lowest BCUT2D eigenvalue weighted by molar-refractivity contribution is -0.274. The minimum absolute atomic E-state index is 0.0345. The number of ether oxygens (including phenoxy) is 3. The van der Waals surface area contributed by atoms with Gasteiger partial charge in [0.05, 0.1) is 32.6 Å². The van der Waals surface area contributed by atoms with Gasteiger partial charge in [-0.3, -0.25) is 0 Å². The Bertz CT molecular complexity index is 1240. The molecule has 2 aromatic carbocycles. The van der Waals surface area contributed by atoms with E-state index in [-0.39, 0.29) is 35.8 Å². The van der Waals surface area contributed by atoms with Crippen LogP contribution in [0.15, 0.2) is 48.5 Å². The molecule has 0 aliphatic heterocycles. The Kier molecular flexibility index (Phi) is 8.77. The van der Waals surface area contributed by atoms with Crippen molar-refractivity contribution in [3.63, 3.8) is 0 Å². The molecule has 3 aromatic rings. The number of esters is 1. The van der Waals surface area contributed by atoms with Gasteiger partial charge in [-0.1, -0.05) is 26.0 Å². The molecule has 198 valence electrons. The molecule has 0 fully saturated rings. The number of nitrogens with one attached hydrogen (secondary N) is 2. The number of anilines is 3. The Hall–Kier alpha value is -4.06. The Morgan fingerprint density at radius 3 is 2.46 bits per heavy atom. The Morgan fingerprint density at radius 1 is 1.08 bits per heavy atom. The molecule has 3 N–H and O–H groups in total. The van der Waals surface area contributed by atoms with Crippen LogP contribution in [-0.2, 0) is 4.74 Å². The number of nitrogens with zero attached hydrogens (tertiary/aromatic N) is 2. The van der Waals surface area contributed by atoms with Crippen molar-refractivity contribution in [2.75, 3.05) is 31.5 Å². The zero-order valence-electron chi connectivity index (χ0n) is 20.6. The first-order valence-corrected chi connectivity index (χ1v) is 11.2. The lowest BCUT2D eigenvalue weighted by Crippen LogP contribution is -2.30. The summed E-state index contributed by atoms with van der Waals surface area (Å²) in [5.74, 6) is -0.222. The Morgan fingerprint density at radius 2 is 1.84 bits per heavy atom. The van der Waals surface area contributed by atoms with Crippen molar-refractivity contribution in [2.24, 2.45) is 5.92 Å². The minimum Gasteiger partial charge on any atom is -0.496 e. The fourth-order valence-corrected chi connectivity index (χ4v) is 3.36. The molecule has 0 saturated carbocycles. The van der Waals surface area contributed by atoms with Crippen LogP contribution in [-0.4, -0.2) is 54.3 Å². The normalized spacial score (nSPS) is 12.1. The lowest BCUT2D eigenvalue weighted by atomic mass is 10.1. The van der Waals surface area contributed by atoms with Crippen LogP contribution in [0.2, 0.25) is 0 Å². The highest BCUT2D eigenvalue weighted by Crippen LogP contribution is 2.31. The quantitative estimate of drug-likeness (QED) is 0.317. The van der Waals surface area contributed by atoms with Crippen LogP contribution >= 0.6 is 0 Å². The predicted molar refractivity (Wildman–Crippen MR) is 131 cm³/mol. The summed E-state index contributed by atoms with van der Waals surface area (Å²) >= 11 is 0. The van der Waals surface area contributed by atoms with Crippen molar-refractivity contribution in [1.29, 1.82) is 0 Å².